The van der Waals surface area contributed by atoms with E-state index in [4.69, 9.17) is 4.74 Å². The second kappa shape index (κ2) is 7.04. The Morgan fingerprint density at radius 2 is 1.92 bits per heavy atom. The van der Waals surface area contributed by atoms with E-state index < -0.39 is 0 Å². The van der Waals surface area contributed by atoms with Crippen molar-refractivity contribution < 1.29 is 9.53 Å². The number of nitrogens with zero attached hydrogens (tertiary/aromatic N) is 1. The maximum atomic E-state index is 12.2. The fourth-order valence-electron chi connectivity index (χ4n) is 2.70. The summed E-state index contributed by atoms with van der Waals surface area (Å²) in [6.07, 6.45) is 0.655. The number of amides is 1. The first-order chi connectivity index (χ1) is 11.7. The first-order valence-corrected chi connectivity index (χ1v) is 7.79. The van der Waals surface area contributed by atoms with Crippen molar-refractivity contribution in [1.82, 2.24) is 14.9 Å². The van der Waals surface area contributed by atoms with Crippen molar-refractivity contribution in [3.8, 4) is 5.75 Å². The van der Waals surface area contributed by atoms with Crippen molar-refractivity contribution in [2.24, 2.45) is 0 Å². The highest BCUT2D eigenvalue weighted by molar-refractivity contribution is 5.96. The van der Waals surface area contributed by atoms with Gasteiger partial charge in [0.05, 0.1) is 23.7 Å². The molecule has 0 unspecified atom stereocenters. The number of methoxy groups -OCH3 is 1. The quantitative estimate of drug-likeness (QED) is 0.682. The van der Waals surface area contributed by atoms with Crippen LogP contribution in [-0.2, 0) is 6.54 Å². The lowest BCUT2D eigenvalue weighted by Crippen LogP contribution is -2.27. The van der Waals surface area contributed by atoms with Gasteiger partial charge in [0.1, 0.15) is 5.75 Å². The third-order valence-corrected chi connectivity index (χ3v) is 3.88. The molecular weight excluding hydrogens is 306 g/mol. The summed E-state index contributed by atoms with van der Waals surface area (Å²) in [5.41, 5.74) is 2.07. The fourth-order valence-corrected chi connectivity index (χ4v) is 2.70. The maximum Gasteiger partial charge on any atom is 0.326 e. The molecule has 0 aliphatic carbocycles. The molecule has 0 saturated carbocycles. The second-order valence-electron chi connectivity index (χ2n) is 5.41. The topological polar surface area (TPSA) is 76.1 Å². The van der Waals surface area contributed by atoms with Gasteiger partial charge in [0.15, 0.2) is 0 Å². The zero-order chi connectivity index (χ0) is 16.9. The Kier molecular flexibility index (Phi) is 4.65. The molecule has 2 N–H and O–H groups in total. The van der Waals surface area contributed by atoms with Crippen molar-refractivity contribution in [2.45, 2.75) is 13.0 Å². The van der Waals surface area contributed by atoms with Gasteiger partial charge in [0.25, 0.3) is 5.91 Å². The molecule has 1 amide bonds. The molecule has 0 radical (unpaired) electrons. The Hall–Kier alpha value is -3.02. The zero-order valence-electron chi connectivity index (χ0n) is 13.4. The first kappa shape index (κ1) is 15.9. The monoisotopic (exact) mass is 325 g/mol. The second-order valence-corrected chi connectivity index (χ2v) is 5.41. The molecule has 24 heavy (non-hydrogen) atoms. The van der Waals surface area contributed by atoms with Gasteiger partial charge in [-0.05, 0) is 30.7 Å². The number of benzene rings is 2. The summed E-state index contributed by atoms with van der Waals surface area (Å²) < 4.78 is 6.87. The fraction of sp³-hybridized carbons (Fsp3) is 0.222. The molecule has 0 spiro atoms. The third kappa shape index (κ3) is 3.17. The molecule has 6 nitrogen and oxygen atoms in total. The number of carbonyl (C=O) groups excluding carboxylic acids is 1. The van der Waals surface area contributed by atoms with Crippen LogP contribution in [0.15, 0.2) is 53.3 Å². The Labute approximate surface area is 139 Å². The van der Waals surface area contributed by atoms with Crippen LogP contribution in [0.4, 0.5) is 0 Å². The Morgan fingerprint density at radius 3 is 2.75 bits per heavy atom. The van der Waals surface area contributed by atoms with Crippen molar-refractivity contribution in [3.05, 3.63) is 64.6 Å². The van der Waals surface area contributed by atoms with E-state index in [0.717, 1.165) is 11.0 Å². The summed E-state index contributed by atoms with van der Waals surface area (Å²) in [5, 5.41) is 2.86. The van der Waals surface area contributed by atoms with Crippen LogP contribution in [0.1, 0.15) is 16.8 Å². The summed E-state index contributed by atoms with van der Waals surface area (Å²) >= 11 is 0. The molecule has 1 heterocycles. The Bertz CT molecular complexity index is 911. The van der Waals surface area contributed by atoms with Gasteiger partial charge in [0.2, 0.25) is 0 Å². The van der Waals surface area contributed by atoms with Gasteiger partial charge in [-0.15, -0.1) is 0 Å². The van der Waals surface area contributed by atoms with Crippen LogP contribution >= 0.6 is 0 Å². The molecule has 6 heteroatoms. The molecule has 0 atom stereocenters. The number of carbonyl (C=O) groups is 1. The highest BCUT2D eigenvalue weighted by Gasteiger charge is 2.11. The lowest BCUT2D eigenvalue weighted by atomic mass is 10.2. The number of imidazole rings is 1. The molecule has 1 aromatic heterocycles. The molecule has 3 aromatic rings. The van der Waals surface area contributed by atoms with E-state index in [1.807, 2.05) is 30.3 Å². The van der Waals surface area contributed by atoms with Crippen LogP contribution in [0.5, 0.6) is 5.75 Å². The summed E-state index contributed by atoms with van der Waals surface area (Å²) in [6.45, 7) is 1.01. The Morgan fingerprint density at radius 1 is 1.17 bits per heavy atom. The summed E-state index contributed by atoms with van der Waals surface area (Å²) in [6, 6.07) is 14.6. The van der Waals surface area contributed by atoms with Gasteiger partial charge in [-0.2, -0.15) is 0 Å². The zero-order valence-corrected chi connectivity index (χ0v) is 13.4. The number of aryl methyl sites for hydroxylation is 1. The lowest BCUT2D eigenvalue weighted by molar-refractivity contribution is 0.0949. The van der Waals surface area contributed by atoms with E-state index in [2.05, 4.69) is 10.3 Å². The number of para-hydroxylation sites is 3. The minimum absolute atomic E-state index is 0.132. The van der Waals surface area contributed by atoms with Crippen molar-refractivity contribution in [2.75, 3.05) is 13.7 Å². The van der Waals surface area contributed by atoms with Gasteiger partial charge in [-0.25, -0.2) is 4.79 Å². The van der Waals surface area contributed by atoms with E-state index in [1.54, 1.807) is 22.8 Å². The van der Waals surface area contributed by atoms with Gasteiger partial charge in [-0.1, -0.05) is 24.3 Å². The number of aromatic amines is 1. The molecule has 0 bridgehead atoms. The third-order valence-electron chi connectivity index (χ3n) is 3.88. The molecule has 0 aliphatic rings. The largest absolute Gasteiger partial charge is 0.496 e. The number of hydrogen-bond acceptors (Lipinski definition) is 3. The first-order valence-electron chi connectivity index (χ1n) is 7.79. The van der Waals surface area contributed by atoms with Gasteiger partial charge < -0.3 is 15.0 Å². The molecule has 124 valence electrons. The molecule has 0 aliphatic heterocycles. The highest BCUT2D eigenvalue weighted by Crippen LogP contribution is 2.16. The average Bonchev–Trinajstić information content (AvgIpc) is 2.93. The molecule has 3 rings (SSSR count). The van der Waals surface area contributed by atoms with Crippen molar-refractivity contribution >= 4 is 16.9 Å². The standard InChI is InChI=1S/C18H19N3O3/c1-24-16-10-5-2-7-13(16)17(22)19-11-6-12-21-15-9-4-3-8-14(15)20-18(21)23/h2-5,7-10H,6,11-12H2,1H3,(H,19,22)(H,20,23). The number of aromatic nitrogens is 2. The van der Waals surface area contributed by atoms with Crippen LogP contribution in [0.2, 0.25) is 0 Å². The number of rotatable bonds is 6. The van der Waals surface area contributed by atoms with E-state index >= 15 is 0 Å². The van der Waals surface area contributed by atoms with Crippen LogP contribution < -0.4 is 15.7 Å². The number of ether oxygens (including phenoxy) is 1. The SMILES string of the molecule is COc1ccccc1C(=O)NCCCn1c(=O)[nH]c2ccccc21. The van der Waals surface area contributed by atoms with E-state index in [1.165, 1.54) is 7.11 Å². The highest BCUT2D eigenvalue weighted by atomic mass is 16.5. The normalized spacial score (nSPS) is 10.7. The minimum Gasteiger partial charge on any atom is -0.496 e. The molecular formula is C18H19N3O3. The summed E-state index contributed by atoms with van der Waals surface area (Å²) in [7, 11) is 1.54. The number of nitrogens with one attached hydrogen (secondary N) is 2. The summed E-state index contributed by atoms with van der Waals surface area (Å²) in [4.78, 5) is 27.0. The van der Waals surface area contributed by atoms with Crippen LogP contribution in [0, 0.1) is 0 Å². The van der Waals surface area contributed by atoms with E-state index in [-0.39, 0.29) is 11.6 Å². The number of H-pyrrole nitrogens is 1. The lowest BCUT2D eigenvalue weighted by Gasteiger charge is -2.09. The maximum absolute atomic E-state index is 12.2. The van der Waals surface area contributed by atoms with Crippen LogP contribution in [0.3, 0.4) is 0 Å². The smallest absolute Gasteiger partial charge is 0.326 e. The van der Waals surface area contributed by atoms with E-state index in [9.17, 15) is 9.59 Å². The van der Waals surface area contributed by atoms with Gasteiger partial charge in [0, 0.05) is 13.1 Å². The van der Waals surface area contributed by atoms with Crippen molar-refractivity contribution in [1.29, 1.82) is 0 Å². The predicted octanol–water partition coefficient (Wildman–Crippen LogP) is 2.16. The van der Waals surface area contributed by atoms with Crippen LogP contribution in [0.25, 0.3) is 11.0 Å². The molecule has 0 fully saturated rings. The molecule has 0 saturated heterocycles. The van der Waals surface area contributed by atoms with Gasteiger partial charge >= 0.3 is 5.69 Å². The number of fused-ring (bicyclic) bond motifs is 1. The molecule has 2 aromatic carbocycles. The average molecular weight is 325 g/mol. The van der Waals surface area contributed by atoms with E-state index in [0.29, 0.717) is 30.8 Å². The van der Waals surface area contributed by atoms with Gasteiger partial charge in [-0.3, -0.25) is 9.36 Å². The van der Waals surface area contributed by atoms with Crippen molar-refractivity contribution in [3.63, 3.8) is 0 Å². The number of hydrogen-bond donors (Lipinski definition) is 2. The van der Waals surface area contributed by atoms with Crippen LogP contribution in [-0.4, -0.2) is 29.1 Å². The summed E-state index contributed by atoms with van der Waals surface area (Å²) in [5.74, 6) is 0.363. The predicted molar refractivity (Wildman–Crippen MR) is 92.5 cm³/mol. The Balaban J connectivity index is 1.60. The minimum atomic E-state index is -0.182.